The normalized spacial score (nSPS) is 10.0. The van der Waals surface area contributed by atoms with Crippen LogP contribution in [0.1, 0.15) is 11.3 Å². The van der Waals surface area contributed by atoms with Gasteiger partial charge in [0.1, 0.15) is 11.6 Å². The molecule has 1 heterocycles. The van der Waals surface area contributed by atoms with Crippen molar-refractivity contribution in [1.29, 1.82) is 0 Å². The third kappa shape index (κ3) is 3.79. The van der Waals surface area contributed by atoms with Gasteiger partial charge < -0.3 is 15.7 Å². The Morgan fingerprint density at radius 1 is 1.05 bits per heavy atom. The molecule has 2 aromatic rings. The van der Waals surface area contributed by atoms with Crippen LogP contribution in [0.2, 0.25) is 0 Å². The lowest BCUT2D eigenvalue weighted by Crippen LogP contribution is -2.29. The number of carbonyl (C=O) groups is 2. The van der Waals surface area contributed by atoms with Gasteiger partial charge >= 0.3 is 11.8 Å². The van der Waals surface area contributed by atoms with Gasteiger partial charge in [-0.3, -0.25) is 9.59 Å². The van der Waals surface area contributed by atoms with E-state index in [1.165, 1.54) is 18.2 Å². The van der Waals surface area contributed by atoms with Crippen molar-refractivity contribution >= 4 is 23.3 Å². The van der Waals surface area contributed by atoms with Crippen LogP contribution in [0, 0.1) is 13.8 Å². The van der Waals surface area contributed by atoms with Crippen molar-refractivity contribution in [3.63, 3.8) is 0 Å². The topological polar surface area (TPSA) is 91.3 Å². The minimum absolute atomic E-state index is 0.0962. The van der Waals surface area contributed by atoms with Crippen molar-refractivity contribution in [2.75, 3.05) is 10.6 Å². The Morgan fingerprint density at radius 2 is 1.76 bits per heavy atom. The molecule has 3 N–H and O–H groups in total. The first-order valence-electron chi connectivity index (χ1n) is 6.31. The number of aromatic nitrogens is 1. The van der Waals surface area contributed by atoms with Gasteiger partial charge in [-0.2, -0.15) is 0 Å². The van der Waals surface area contributed by atoms with Crippen molar-refractivity contribution in [3.8, 4) is 5.75 Å². The highest BCUT2D eigenvalue weighted by molar-refractivity contribution is 6.43. The Labute approximate surface area is 121 Å². The van der Waals surface area contributed by atoms with Crippen LogP contribution in [0.4, 0.5) is 11.5 Å². The summed E-state index contributed by atoms with van der Waals surface area (Å²) >= 11 is 0. The molecule has 0 aliphatic rings. The average molecular weight is 285 g/mol. The van der Waals surface area contributed by atoms with Crippen LogP contribution in [-0.2, 0) is 9.59 Å². The molecule has 0 radical (unpaired) electrons. The molecule has 0 unspecified atom stereocenters. The number of aromatic hydroxyl groups is 1. The summed E-state index contributed by atoms with van der Waals surface area (Å²) in [6.07, 6.45) is 0. The molecule has 2 rings (SSSR count). The van der Waals surface area contributed by atoms with Gasteiger partial charge in [0.25, 0.3) is 0 Å². The van der Waals surface area contributed by atoms with E-state index in [1.54, 1.807) is 32.0 Å². The molecule has 6 heteroatoms. The largest absolute Gasteiger partial charge is 0.508 e. The summed E-state index contributed by atoms with van der Waals surface area (Å²) < 4.78 is 0. The zero-order chi connectivity index (χ0) is 15.4. The lowest BCUT2D eigenvalue weighted by molar-refractivity contribution is -0.133. The Morgan fingerprint density at radius 3 is 2.43 bits per heavy atom. The number of nitrogens with zero attached hydrogens (tertiary/aromatic N) is 1. The van der Waals surface area contributed by atoms with Gasteiger partial charge in [-0.25, -0.2) is 4.98 Å². The molecule has 6 nitrogen and oxygen atoms in total. The number of carbonyl (C=O) groups excluding carboxylic acids is 2. The molecule has 0 spiro atoms. The van der Waals surface area contributed by atoms with E-state index in [-0.39, 0.29) is 5.75 Å². The minimum atomic E-state index is -0.805. The zero-order valence-electron chi connectivity index (χ0n) is 11.7. The van der Waals surface area contributed by atoms with Crippen LogP contribution in [0.3, 0.4) is 0 Å². The number of phenolic OH excluding ortho intramolecular Hbond substituents is 1. The second kappa shape index (κ2) is 6.04. The minimum Gasteiger partial charge on any atom is -0.508 e. The van der Waals surface area contributed by atoms with E-state index in [9.17, 15) is 14.7 Å². The van der Waals surface area contributed by atoms with Crippen molar-refractivity contribution in [3.05, 3.63) is 47.7 Å². The summed E-state index contributed by atoms with van der Waals surface area (Å²) in [5, 5.41) is 14.2. The number of amides is 2. The standard InChI is InChI=1S/C15H15N3O3/c1-9-8-11(19)6-7-12(9)17-14(20)15(21)18-13-5-3-4-10(2)16-13/h3-8,19H,1-2H3,(H,17,20)(H,16,18,21). The van der Waals surface area contributed by atoms with E-state index in [2.05, 4.69) is 15.6 Å². The first-order valence-corrected chi connectivity index (χ1v) is 6.31. The smallest absolute Gasteiger partial charge is 0.315 e. The fourth-order valence-electron chi connectivity index (χ4n) is 1.75. The van der Waals surface area contributed by atoms with Crippen LogP contribution in [0.5, 0.6) is 5.75 Å². The quantitative estimate of drug-likeness (QED) is 0.581. The third-order valence-electron chi connectivity index (χ3n) is 2.79. The molecular formula is C15H15N3O3. The number of pyridine rings is 1. The van der Waals surface area contributed by atoms with Crippen LogP contribution in [0.25, 0.3) is 0 Å². The second-order valence-electron chi connectivity index (χ2n) is 4.57. The molecule has 2 amide bonds. The van der Waals surface area contributed by atoms with E-state index in [1.807, 2.05) is 0 Å². The molecular weight excluding hydrogens is 270 g/mol. The number of phenols is 1. The third-order valence-corrected chi connectivity index (χ3v) is 2.79. The summed E-state index contributed by atoms with van der Waals surface area (Å²) in [6.45, 7) is 3.50. The molecule has 0 bridgehead atoms. The van der Waals surface area contributed by atoms with Crippen molar-refractivity contribution in [1.82, 2.24) is 4.98 Å². The number of hydrogen-bond donors (Lipinski definition) is 3. The first kappa shape index (κ1) is 14.5. The van der Waals surface area contributed by atoms with Gasteiger partial charge in [0.15, 0.2) is 0 Å². The Kier molecular flexibility index (Phi) is 4.18. The van der Waals surface area contributed by atoms with E-state index >= 15 is 0 Å². The predicted octanol–water partition coefficient (Wildman–Crippen LogP) is 1.98. The predicted molar refractivity (Wildman–Crippen MR) is 79.1 cm³/mol. The summed E-state index contributed by atoms with van der Waals surface area (Å²) in [5.74, 6) is -1.19. The van der Waals surface area contributed by atoms with E-state index in [0.29, 0.717) is 17.1 Å². The average Bonchev–Trinajstić information content (AvgIpc) is 2.41. The summed E-state index contributed by atoms with van der Waals surface area (Å²) in [7, 11) is 0. The number of benzene rings is 1. The van der Waals surface area contributed by atoms with E-state index in [0.717, 1.165) is 5.69 Å². The molecule has 108 valence electrons. The lowest BCUT2D eigenvalue weighted by Gasteiger charge is -2.09. The van der Waals surface area contributed by atoms with Crippen LogP contribution in [0.15, 0.2) is 36.4 Å². The zero-order valence-corrected chi connectivity index (χ0v) is 11.7. The Bertz CT molecular complexity index is 698. The van der Waals surface area contributed by atoms with Gasteiger partial charge in [-0.15, -0.1) is 0 Å². The molecule has 0 fully saturated rings. The van der Waals surface area contributed by atoms with Gasteiger partial charge in [0.2, 0.25) is 0 Å². The maximum atomic E-state index is 11.8. The van der Waals surface area contributed by atoms with Crippen molar-refractivity contribution < 1.29 is 14.7 Å². The molecule has 0 saturated heterocycles. The highest BCUT2D eigenvalue weighted by Gasteiger charge is 2.15. The molecule has 0 atom stereocenters. The second-order valence-corrected chi connectivity index (χ2v) is 4.57. The fourth-order valence-corrected chi connectivity index (χ4v) is 1.75. The molecule has 1 aromatic heterocycles. The first-order chi connectivity index (χ1) is 9.95. The van der Waals surface area contributed by atoms with Crippen LogP contribution >= 0.6 is 0 Å². The molecule has 0 aliphatic heterocycles. The molecule has 0 saturated carbocycles. The Balaban J connectivity index is 2.04. The summed E-state index contributed by atoms with van der Waals surface area (Å²) in [6, 6.07) is 9.58. The monoisotopic (exact) mass is 285 g/mol. The molecule has 1 aromatic carbocycles. The van der Waals surface area contributed by atoms with E-state index < -0.39 is 11.8 Å². The molecule has 21 heavy (non-hydrogen) atoms. The number of aryl methyl sites for hydroxylation is 2. The van der Waals surface area contributed by atoms with Gasteiger partial charge in [0, 0.05) is 11.4 Å². The summed E-state index contributed by atoms with van der Waals surface area (Å²) in [5.41, 5.74) is 1.86. The molecule has 0 aliphatic carbocycles. The van der Waals surface area contributed by atoms with E-state index in [4.69, 9.17) is 0 Å². The SMILES string of the molecule is Cc1cccc(NC(=O)C(=O)Nc2ccc(O)cc2C)n1. The van der Waals surface area contributed by atoms with Gasteiger partial charge in [-0.1, -0.05) is 6.07 Å². The van der Waals surface area contributed by atoms with Crippen molar-refractivity contribution in [2.45, 2.75) is 13.8 Å². The van der Waals surface area contributed by atoms with Gasteiger partial charge in [0.05, 0.1) is 0 Å². The number of nitrogens with one attached hydrogen (secondary N) is 2. The number of rotatable bonds is 2. The number of anilines is 2. The van der Waals surface area contributed by atoms with Crippen molar-refractivity contribution in [2.24, 2.45) is 0 Å². The number of hydrogen-bond acceptors (Lipinski definition) is 4. The maximum Gasteiger partial charge on any atom is 0.315 e. The summed E-state index contributed by atoms with van der Waals surface area (Å²) in [4.78, 5) is 27.7. The maximum absolute atomic E-state index is 11.8. The highest BCUT2D eigenvalue weighted by atomic mass is 16.3. The van der Waals surface area contributed by atoms with Crippen LogP contribution < -0.4 is 10.6 Å². The lowest BCUT2D eigenvalue weighted by atomic mass is 10.2. The highest BCUT2D eigenvalue weighted by Crippen LogP contribution is 2.20. The van der Waals surface area contributed by atoms with Gasteiger partial charge in [-0.05, 0) is 49.7 Å². The fraction of sp³-hybridized carbons (Fsp3) is 0.133. The Hall–Kier alpha value is -2.89. The van der Waals surface area contributed by atoms with Crippen LogP contribution in [-0.4, -0.2) is 21.9 Å².